The Balaban J connectivity index is 3.85. The standard InChI is InChI=1S/C9H16O2S/c1-4-5-9(6-7(2)10)12-8(3)11/h9H,4-6H2,1-3H3/t9-/m1/s1. The van der Waals surface area contributed by atoms with Gasteiger partial charge in [0, 0.05) is 18.6 Å². The first kappa shape index (κ1) is 11.7. The Morgan fingerprint density at radius 3 is 2.25 bits per heavy atom. The van der Waals surface area contributed by atoms with E-state index in [4.69, 9.17) is 0 Å². The van der Waals surface area contributed by atoms with Gasteiger partial charge in [0.1, 0.15) is 5.78 Å². The Morgan fingerprint density at radius 1 is 1.33 bits per heavy atom. The van der Waals surface area contributed by atoms with Gasteiger partial charge in [0.15, 0.2) is 5.12 Å². The second kappa shape index (κ2) is 6.23. The van der Waals surface area contributed by atoms with E-state index in [0.29, 0.717) is 6.42 Å². The molecule has 3 heteroatoms. The van der Waals surface area contributed by atoms with E-state index in [1.807, 2.05) is 0 Å². The highest BCUT2D eigenvalue weighted by atomic mass is 32.2. The molecule has 0 aliphatic rings. The van der Waals surface area contributed by atoms with E-state index in [1.165, 1.54) is 11.8 Å². The summed E-state index contributed by atoms with van der Waals surface area (Å²) in [6.45, 7) is 5.19. The largest absolute Gasteiger partial charge is 0.300 e. The Hall–Kier alpha value is -0.310. The van der Waals surface area contributed by atoms with Crippen LogP contribution < -0.4 is 0 Å². The van der Waals surface area contributed by atoms with Gasteiger partial charge in [-0.1, -0.05) is 25.1 Å². The number of rotatable bonds is 5. The topological polar surface area (TPSA) is 34.1 Å². The van der Waals surface area contributed by atoms with Crippen molar-refractivity contribution >= 4 is 22.7 Å². The van der Waals surface area contributed by atoms with Crippen molar-refractivity contribution in [3.8, 4) is 0 Å². The molecule has 0 amide bonds. The van der Waals surface area contributed by atoms with Crippen LogP contribution in [-0.4, -0.2) is 16.1 Å². The van der Waals surface area contributed by atoms with Gasteiger partial charge >= 0.3 is 0 Å². The summed E-state index contributed by atoms with van der Waals surface area (Å²) in [5, 5.41) is 0.305. The Kier molecular flexibility index (Phi) is 6.07. The van der Waals surface area contributed by atoms with Crippen molar-refractivity contribution in [2.45, 2.75) is 45.3 Å². The van der Waals surface area contributed by atoms with Crippen LogP contribution in [0.4, 0.5) is 0 Å². The number of carbonyl (C=O) groups is 2. The summed E-state index contributed by atoms with van der Waals surface area (Å²) < 4.78 is 0. The van der Waals surface area contributed by atoms with E-state index in [9.17, 15) is 9.59 Å². The predicted molar refractivity (Wildman–Crippen MR) is 52.3 cm³/mol. The summed E-state index contributed by atoms with van der Waals surface area (Å²) in [6.07, 6.45) is 2.50. The molecular formula is C9H16O2S. The fourth-order valence-corrected chi connectivity index (χ4v) is 2.22. The molecule has 0 aromatic heterocycles. The maximum atomic E-state index is 10.8. The average Bonchev–Trinajstić information content (AvgIpc) is 1.84. The molecule has 0 aliphatic heterocycles. The molecule has 0 N–H and O–H groups in total. The van der Waals surface area contributed by atoms with Crippen molar-refractivity contribution in [2.75, 3.05) is 0 Å². The lowest BCUT2D eigenvalue weighted by Crippen LogP contribution is -2.09. The number of thioether (sulfide) groups is 1. The van der Waals surface area contributed by atoms with Crippen molar-refractivity contribution in [3.05, 3.63) is 0 Å². The highest BCUT2D eigenvalue weighted by Crippen LogP contribution is 2.20. The van der Waals surface area contributed by atoms with Crippen LogP contribution in [0, 0.1) is 0 Å². The molecule has 0 rings (SSSR count). The summed E-state index contributed by atoms with van der Waals surface area (Å²) in [5.74, 6) is 0.169. The van der Waals surface area contributed by atoms with Gasteiger partial charge < -0.3 is 0 Å². The second-order valence-corrected chi connectivity index (χ2v) is 4.40. The first-order valence-corrected chi connectivity index (χ1v) is 5.10. The van der Waals surface area contributed by atoms with Crippen LogP contribution in [0.3, 0.4) is 0 Å². The third-order valence-electron chi connectivity index (χ3n) is 1.46. The van der Waals surface area contributed by atoms with Crippen LogP contribution in [0.15, 0.2) is 0 Å². The zero-order valence-electron chi connectivity index (χ0n) is 7.92. The Morgan fingerprint density at radius 2 is 1.92 bits per heavy atom. The summed E-state index contributed by atoms with van der Waals surface area (Å²) in [6, 6.07) is 0. The summed E-state index contributed by atoms with van der Waals surface area (Å²) in [5.41, 5.74) is 0. The molecule has 0 heterocycles. The zero-order chi connectivity index (χ0) is 9.56. The highest BCUT2D eigenvalue weighted by molar-refractivity contribution is 8.14. The molecule has 0 fully saturated rings. The fraction of sp³-hybridized carbons (Fsp3) is 0.778. The molecule has 0 spiro atoms. The molecular weight excluding hydrogens is 172 g/mol. The van der Waals surface area contributed by atoms with E-state index in [1.54, 1.807) is 13.8 Å². The number of ketones is 1. The van der Waals surface area contributed by atoms with Crippen LogP contribution in [0.1, 0.15) is 40.0 Å². The number of hydrogen-bond acceptors (Lipinski definition) is 3. The minimum absolute atomic E-state index is 0.106. The van der Waals surface area contributed by atoms with Crippen LogP contribution in [0.5, 0.6) is 0 Å². The van der Waals surface area contributed by atoms with Gasteiger partial charge in [-0.05, 0) is 13.3 Å². The van der Waals surface area contributed by atoms with Crippen molar-refractivity contribution in [2.24, 2.45) is 0 Å². The minimum Gasteiger partial charge on any atom is -0.300 e. The van der Waals surface area contributed by atoms with Gasteiger partial charge in [-0.25, -0.2) is 0 Å². The van der Waals surface area contributed by atoms with Crippen molar-refractivity contribution in [1.29, 1.82) is 0 Å². The van der Waals surface area contributed by atoms with Crippen molar-refractivity contribution < 1.29 is 9.59 Å². The Labute approximate surface area is 78.1 Å². The lowest BCUT2D eigenvalue weighted by molar-refractivity contribution is -0.117. The minimum atomic E-state index is 0.106. The molecule has 12 heavy (non-hydrogen) atoms. The molecule has 0 aliphatic carbocycles. The maximum absolute atomic E-state index is 10.8. The predicted octanol–water partition coefficient (Wildman–Crippen LogP) is 2.41. The summed E-state index contributed by atoms with van der Waals surface area (Å²) in [7, 11) is 0. The molecule has 0 radical (unpaired) electrons. The van der Waals surface area contributed by atoms with Crippen LogP contribution in [0.2, 0.25) is 0 Å². The van der Waals surface area contributed by atoms with E-state index in [-0.39, 0.29) is 16.1 Å². The van der Waals surface area contributed by atoms with Gasteiger partial charge in [-0.2, -0.15) is 0 Å². The van der Waals surface area contributed by atoms with Gasteiger partial charge in [-0.3, -0.25) is 9.59 Å². The van der Waals surface area contributed by atoms with Crippen LogP contribution >= 0.6 is 11.8 Å². The summed E-state index contributed by atoms with van der Waals surface area (Å²) >= 11 is 1.29. The normalized spacial score (nSPS) is 12.6. The smallest absolute Gasteiger partial charge is 0.186 e. The van der Waals surface area contributed by atoms with E-state index in [2.05, 4.69) is 6.92 Å². The van der Waals surface area contributed by atoms with Gasteiger partial charge in [0.05, 0.1) is 0 Å². The molecule has 0 aromatic rings. The fourth-order valence-electron chi connectivity index (χ4n) is 1.08. The summed E-state index contributed by atoms with van der Waals surface area (Å²) in [4.78, 5) is 21.5. The quantitative estimate of drug-likeness (QED) is 0.664. The third-order valence-corrected chi connectivity index (χ3v) is 2.53. The van der Waals surface area contributed by atoms with Crippen molar-refractivity contribution in [3.63, 3.8) is 0 Å². The first-order valence-electron chi connectivity index (χ1n) is 4.23. The molecule has 0 bridgehead atoms. The lowest BCUT2D eigenvalue weighted by atomic mass is 10.1. The van der Waals surface area contributed by atoms with Gasteiger partial charge in [0.25, 0.3) is 0 Å². The number of hydrogen-bond donors (Lipinski definition) is 0. The maximum Gasteiger partial charge on any atom is 0.186 e. The molecule has 70 valence electrons. The molecule has 1 atom stereocenters. The average molecular weight is 188 g/mol. The van der Waals surface area contributed by atoms with Crippen LogP contribution in [0.25, 0.3) is 0 Å². The monoisotopic (exact) mass is 188 g/mol. The van der Waals surface area contributed by atoms with E-state index in [0.717, 1.165) is 12.8 Å². The molecule has 0 saturated heterocycles. The molecule has 2 nitrogen and oxygen atoms in total. The Bertz CT molecular complexity index is 150. The first-order chi connectivity index (χ1) is 5.56. The molecule has 0 unspecified atom stereocenters. The number of Topliss-reactive ketones (excluding diaryl/α,β-unsaturated/α-hetero) is 1. The highest BCUT2D eigenvalue weighted by Gasteiger charge is 2.12. The van der Waals surface area contributed by atoms with Gasteiger partial charge in [0.2, 0.25) is 0 Å². The van der Waals surface area contributed by atoms with Crippen molar-refractivity contribution in [1.82, 2.24) is 0 Å². The zero-order valence-corrected chi connectivity index (χ0v) is 8.74. The van der Waals surface area contributed by atoms with E-state index < -0.39 is 0 Å². The SMILES string of the molecule is CCC[C@H](CC(C)=O)SC(C)=O. The second-order valence-electron chi connectivity index (χ2n) is 2.93. The van der Waals surface area contributed by atoms with Gasteiger partial charge in [-0.15, -0.1) is 0 Å². The van der Waals surface area contributed by atoms with E-state index >= 15 is 0 Å². The lowest BCUT2D eigenvalue weighted by Gasteiger charge is -2.10. The molecule has 0 saturated carbocycles. The van der Waals surface area contributed by atoms with Crippen LogP contribution in [-0.2, 0) is 9.59 Å². The molecule has 0 aromatic carbocycles. The number of carbonyl (C=O) groups excluding carboxylic acids is 2. The third kappa shape index (κ3) is 6.40.